The van der Waals surface area contributed by atoms with Gasteiger partial charge in [-0.05, 0) is 54.3 Å². The summed E-state index contributed by atoms with van der Waals surface area (Å²) in [6.07, 6.45) is -2.34. The van der Waals surface area contributed by atoms with Gasteiger partial charge < -0.3 is 11.1 Å². The van der Waals surface area contributed by atoms with Gasteiger partial charge in [0.25, 0.3) is 0 Å². The number of rotatable bonds is 5. The fourth-order valence-corrected chi connectivity index (χ4v) is 4.06. The molecule has 1 heterocycles. The first kappa shape index (κ1) is 21.2. The third-order valence-electron chi connectivity index (χ3n) is 5.76. The van der Waals surface area contributed by atoms with Gasteiger partial charge in [0.15, 0.2) is 0 Å². The van der Waals surface area contributed by atoms with Gasteiger partial charge in [0, 0.05) is 42.6 Å². The van der Waals surface area contributed by atoms with E-state index in [9.17, 15) is 13.2 Å². The first-order valence-corrected chi connectivity index (χ1v) is 10.5. The summed E-state index contributed by atoms with van der Waals surface area (Å²) in [6.45, 7) is 2.94. The van der Waals surface area contributed by atoms with E-state index in [1.165, 1.54) is 17.7 Å². The van der Waals surface area contributed by atoms with Crippen LogP contribution in [-0.4, -0.2) is 24.0 Å². The predicted octanol–water partition coefficient (Wildman–Crippen LogP) is 6.03. The molecule has 31 heavy (non-hydrogen) atoms. The highest BCUT2D eigenvalue weighted by molar-refractivity contribution is 5.81. The Kier molecular flexibility index (Phi) is 6.18. The number of nitrogens with two attached hydrogens (primary N) is 1. The van der Waals surface area contributed by atoms with E-state index < -0.39 is 11.7 Å². The lowest BCUT2D eigenvalue weighted by atomic mass is 9.99. The van der Waals surface area contributed by atoms with Crippen LogP contribution >= 0.6 is 0 Å². The summed E-state index contributed by atoms with van der Waals surface area (Å²) in [5.74, 6) is 0. The maximum Gasteiger partial charge on any atom is 0.416 e. The topological polar surface area (TPSA) is 41.3 Å². The third kappa shape index (κ3) is 5.39. The highest BCUT2D eigenvalue weighted by atomic mass is 19.4. The van der Waals surface area contributed by atoms with Crippen LogP contribution in [0.25, 0.3) is 11.1 Å². The number of nitrogens with zero attached hydrogens (tertiary/aromatic N) is 1. The van der Waals surface area contributed by atoms with E-state index in [2.05, 4.69) is 34.5 Å². The maximum absolute atomic E-state index is 12.9. The van der Waals surface area contributed by atoms with Gasteiger partial charge in [0.1, 0.15) is 0 Å². The Morgan fingerprint density at radius 1 is 0.903 bits per heavy atom. The molecular formula is C25H26F3N3. The molecule has 4 rings (SSSR count). The summed E-state index contributed by atoms with van der Waals surface area (Å²) >= 11 is 0. The molecule has 1 aliphatic rings. The Morgan fingerprint density at radius 2 is 1.58 bits per heavy atom. The van der Waals surface area contributed by atoms with E-state index >= 15 is 0 Å². The SMILES string of the molecule is Nc1ccc(NC2CCN(Cc3ccccc3)CC2)c(-c2ccc(C(F)(F)F)cc2)c1. The van der Waals surface area contributed by atoms with Crippen molar-refractivity contribution in [3.63, 3.8) is 0 Å². The van der Waals surface area contributed by atoms with Crippen molar-refractivity contribution in [2.75, 3.05) is 24.1 Å². The molecule has 3 aromatic rings. The Bertz CT molecular complexity index is 993. The zero-order chi connectivity index (χ0) is 21.8. The number of likely N-dealkylation sites (tertiary alicyclic amines) is 1. The molecule has 3 nitrogen and oxygen atoms in total. The van der Waals surface area contributed by atoms with Gasteiger partial charge in [0.2, 0.25) is 0 Å². The van der Waals surface area contributed by atoms with Crippen LogP contribution in [0.4, 0.5) is 24.5 Å². The summed E-state index contributed by atoms with van der Waals surface area (Å²) in [7, 11) is 0. The summed E-state index contributed by atoms with van der Waals surface area (Å²) in [6, 6.07) is 21.6. The number of benzene rings is 3. The van der Waals surface area contributed by atoms with E-state index in [4.69, 9.17) is 5.73 Å². The molecule has 0 spiro atoms. The Balaban J connectivity index is 1.44. The highest BCUT2D eigenvalue weighted by Crippen LogP contribution is 2.35. The molecule has 3 N–H and O–H groups in total. The van der Waals surface area contributed by atoms with Gasteiger partial charge in [-0.25, -0.2) is 0 Å². The number of alkyl halides is 3. The fourth-order valence-electron chi connectivity index (χ4n) is 4.06. The monoisotopic (exact) mass is 425 g/mol. The van der Waals surface area contributed by atoms with Gasteiger partial charge in [-0.15, -0.1) is 0 Å². The first-order chi connectivity index (χ1) is 14.9. The second-order valence-electron chi connectivity index (χ2n) is 8.06. The molecule has 0 atom stereocenters. The molecule has 3 aromatic carbocycles. The number of hydrogen-bond acceptors (Lipinski definition) is 3. The Labute approximate surface area is 180 Å². The van der Waals surface area contributed by atoms with Crippen LogP contribution in [0.5, 0.6) is 0 Å². The predicted molar refractivity (Wildman–Crippen MR) is 120 cm³/mol. The van der Waals surface area contributed by atoms with E-state index in [0.717, 1.165) is 55.9 Å². The lowest BCUT2D eigenvalue weighted by molar-refractivity contribution is -0.137. The van der Waals surface area contributed by atoms with Crippen molar-refractivity contribution in [2.24, 2.45) is 0 Å². The maximum atomic E-state index is 12.9. The van der Waals surface area contributed by atoms with Gasteiger partial charge in [0.05, 0.1) is 5.56 Å². The molecule has 0 aliphatic carbocycles. The van der Waals surface area contributed by atoms with Crippen molar-refractivity contribution >= 4 is 11.4 Å². The van der Waals surface area contributed by atoms with Crippen LogP contribution in [-0.2, 0) is 12.7 Å². The largest absolute Gasteiger partial charge is 0.416 e. The van der Waals surface area contributed by atoms with Crippen molar-refractivity contribution in [3.05, 3.63) is 83.9 Å². The van der Waals surface area contributed by atoms with Crippen molar-refractivity contribution in [1.29, 1.82) is 0 Å². The first-order valence-electron chi connectivity index (χ1n) is 10.5. The van der Waals surface area contributed by atoms with Crippen LogP contribution in [0, 0.1) is 0 Å². The van der Waals surface area contributed by atoms with Crippen LogP contribution < -0.4 is 11.1 Å². The minimum Gasteiger partial charge on any atom is -0.399 e. The quantitative estimate of drug-likeness (QED) is 0.491. The number of nitrogens with one attached hydrogen (secondary N) is 1. The number of piperidine rings is 1. The smallest absolute Gasteiger partial charge is 0.399 e. The second-order valence-corrected chi connectivity index (χ2v) is 8.06. The highest BCUT2D eigenvalue weighted by Gasteiger charge is 2.30. The number of halogens is 3. The summed E-state index contributed by atoms with van der Waals surface area (Å²) in [5, 5.41) is 3.60. The summed E-state index contributed by atoms with van der Waals surface area (Å²) in [5.41, 5.74) is 9.65. The lowest BCUT2D eigenvalue weighted by Gasteiger charge is -2.33. The summed E-state index contributed by atoms with van der Waals surface area (Å²) < 4.78 is 38.7. The molecule has 0 radical (unpaired) electrons. The van der Waals surface area contributed by atoms with Crippen molar-refractivity contribution in [1.82, 2.24) is 4.90 Å². The van der Waals surface area contributed by atoms with Crippen LogP contribution in [0.1, 0.15) is 24.0 Å². The van der Waals surface area contributed by atoms with Crippen LogP contribution in [0.15, 0.2) is 72.8 Å². The number of anilines is 2. The fraction of sp³-hybridized carbons (Fsp3) is 0.280. The van der Waals surface area contributed by atoms with Gasteiger partial charge >= 0.3 is 6.18 Å². The molecule has 162 valence electrons. The minimum atomic E-state index is -4.34. The van der Waals surface area contributed by atoms with Crippen molar-refractivity contribution in [2.45, 2.75) is 31.6 Å². The zero-order valence-corrected chi connectivity index (χ0v) is 17.2. The van der Waals surface area contributed by atoms with E-state index in [-0.39, 0.29) is 0 Å². The Hall–Kier alpha value is -2.99. The molecule has 1 fully saturated rings. The van der Waals surface area contributed by atoms with E-state index in [1.54, 1.807) is 0 Å². The second kappa shape index (κ2) is 9.02. The van der Waals surface area contributed by atoms with Gasteiger partial charge in [-0.3, -0.25) is 4.90 Å². The van der Waals surface area contributed by atoms with Crippen LogP contribution in [0.2, 0.25) is 0 Å². The van der Waals surface area contributed by atoms with Crippen molar-refractivity contribution < 1.29 is 13.2 Å². The number of hydrogen-bond donors (Lipinski definition) is 2. The summed E-state index contributed by atoms with van der Waals surface area (Å²) in [4.78, 5) is 2.45. The zero-order valence-electron chi connectivity index (χ0n) is 17.2. The van der Waals surface area contributed by atoms with Gasteiger partial charge in [-0.1, -0.05) is 42.5 Å². The number of nitrogen functional groups attached to an aromatic ring is 1. The molecule has 0 saturated carbocycles. The van der Waals surface area contributed by atoms with Gasteiger partial charge in [-0.2, -0.15) is 13.2 Å². The van der Waals surface area contributed by atoms with Crippen LogP contribution in [0.3, 0.4) is 0 Å². The molecule has 0 bridgehead atoms. The average Bonchev–Trinajstić information content (AvgIpc) is 2.76. The molecular weight excluding hydrogens is 399 g/mol. The van der Waals surface area contributed by atoms with Crippen molar-refractivity contribution in [3.8, 4) is 11.1 Å². The molecule has 1 saturated heterocycles. The molecule has 1 aliphatic heterocycles. The van der Waals surface area contributed by atoms with E-state index in [1.807, 2.05) is 24.3 Å². The molecule has 6 heteroatoms. The minimum absolute atomic E-state index is 0.309. The third-order valence-corrected chi connectivity index (χ3v) is 5.76. The average molecular weight is 425 g/mol. The molecule has 0 amide bonds. The van der Waals surface area contributed by atoms with E-state index in [0.29, 0.717) is 17.3 Å². The Morgan fingerprint density at radius 3 is 2.23 bits per heavy atom. The normalized spacial score (nSPS) is 15.7. The lowest BCUT2D eigenvalue weighted by Crippen LogP contribution is -2.38. The molecule has 0 aromatic heterocycles. The molecule has 0 unspecified atom stereocenters. The standard InChI is InChI=1S/C25H26F3N3/c26-25(27,28)20-8-6-19(7-9-20)23-16-21(29)10-11-24(23)30-22-12-14-31(15-13-22)17-18-4-2-1-3-5-18/h1-11,16,22,30H,12-15,17,29H2.